The minimum atomic E-state index is -1.99. The molecule has 0 aromatic heterocycles. The summed E-state index contributed by atoms with van der Waals surface area (Å²) in [5.41, 5.74) is 0. The molecule has 138 valence electrons. The van der Waals surface area contributed by atoms with Gasteiger partial charge in [0, 0.05) is 0 Å². The van der Waals surface area contributed by atoms with Crippen LogP contribution in [-0.4, -0.2) is 58.6 Å². The third-order valence-corrected chi connectivity index (χ3v) is 4.45. The first-order valence-electron chi connectivity index (χ1n) is 7.53. The minimum Gasteiger partial charge on any atom is -0.445 e. The van der Waals surface area contributed by atoms with Crippen molar-refractivity contribution < 1.29 is 28.4 Å². The second-order valence-electron chi connectivity index (χ2n) is 6.85. The molecule has 0 aromatic carbocycles. The summed E-state index contributed by atoms with van der Waals surface area (Å²) < 4.78 is 32.5. The summed E-state index contributed by atoms with van der Waals surface area (Å²) in [6.07, 6.45) is -2.83. The molecule has 24 heavy (non-hydrogen) atoms. The molecular formula is C14H20Cl3NO6. The standard InChI is InChI=1S/C14H20Cl3NO6/c1-12(2)19-5-6(22-12)7-8-9(24-13(3,4)23-8)10(20-7)21-11(18)14(15,16)17/h6-10,18H,5H2,1-4H3/t6-,7?,8+,9?,10-/m1/s1. The molecular weight excluding hydrogens is 385 g/mol. The highest BCUT2D eigenvalue weighted by atomic mass is 35.6. The van der Waals surface area contributed by atoms with Crippen LogP contribution >= 0.6 is 34.8 Å². The third-order valence-electron chi connectivity index (χ3n) is 3.94. The van der Waals surface area contributed by atoms with Crippen LogP contribution in [-0.2, 0) is 28.4 Å². The number of fused-ring (bicyclic) bond motifs is 1. The molecule has 0 radical (unpaired) electrons. The van der Waals surface area contributed by atoms with Crippen molar-refractivity contribution in [2.45, 2.75) is 73.8 Å². The summed E-state index contributed by atoms with van der Waals surface area (Å²) in [6.45, 7) is 7.56. The molecule has 0 amide bonds. The highest BCUT2D eigenvalue weighted by Gasteiger charge is 2.60. The number of hydrogen-bond donors (Lipinski definition) is 1. The van der Waals surface area contributed by atoms with Gasteiger partial charge in [-0.25, -0.2) is 0 Å². The van der Waals surface area contributed by atoms with Gasteiger partial charge in [0.1, 0.15) is 18.3 Å². The molecule has 0 aromatic rings. The van der Waals surface area contributed by atoms with E-state index in [1.54, 1.807) is 13.8 Å². The molecule has 2 unspecified atom stereocenters. The van der Waals surface area contributed by atoms with Crippen molar-refractivity contribution in [3.05, 3.63) is 0 Å². The molecule has 10 heteroatoms. The Morgan fingerprint density at radius 3 is 2.17 bits per heavy atom. The van der Waals surface area contributed by atoms with Crippen molar-refractivity contribution in [2.24, 2.45) is 0 Å². The quantitative estimate of drug-likeness (QED) is 0.433. The summed E-state index contributed by atoms with van der Waals surface area (Å²) in [7, 11) is 0. The average molecular weight is 405 g/mol. The van der Waals surface area contributed by atoms with E-state index < -0.39 is 45.9 Å². The normalized spacial score (nSPS) is 40.5. The average Bonchev–Trinajstić information content (AvgIpc) is 3.00. The fraction of sp³-hybridized carbons (Fsp3) is 0.929. The van der Waals surface area contributed by atoms with E-state index in [1.807, 2.05) is 13.8 Å². The van der Waals surface area contributed by atoms with Crippen molar-refractivity contribution in [1.82, 2.24) is 0 Å². The van der Waals surface area contributed by atoms with Crippen LogP contribution in [0.25, 0.3) is 0 Å². The zero-order valence-electron chi connectivity index (χ0n) is 13.7. The van der Waals surface area contributed by atoms with Crippen LogP contribution in [0, 0.1) is 5.41 Å². The van der Waals surface area contributed by atoms with Gasteiger partial charge in [0.05, 0.1) is 6.61 Å². The van der Waals surface area contributed by atoms with Gasteiger partial charge in [0.2, 0.25) is 12.2 Å². The molecule has 7 nitrogen and oxygen atoms in total. The molecule has 1 N–H and O–H groups in total. The van der Waals surface area contributed by atoms with E-state index >= 15 is 0 Å². The first kappa shape index (κ1) is 18.9. The lowest BCUT2D eigenvalue weighted by Crippen LogP contribution is -2.40. The summed E-state index contributed by atoms with van der Waals surface area (Å²) in [4.78, 5) is 0. The molecule has 3 aliphatic heterocycles. The number of hydrogen-bond acceptors (Lipinski definition) is 7. The van der Waals surface area contributed by atoms with Gasteiger partial charge >= 0.3 is 0 Å². The van der Waals surface area contributed by atoms with Crippen LogP contribution in [0.3, 0.4) is 0 Å². The highest BCUT2D eigenvalue weighted by Crippen LogP contribution is 2.43. The minimum absolute atomic E-state index is 0.347. The Morgan fingerprint density at radius 1 is 1.00 bits per heavy atom. The van der Waals surface area contributed by atoms with Crippen molar-refractivity contribution in [3.63, 3.8) is 0 Å². The van der Waals surface area contributed by atoms with E-state index in [-0.39, 0.29) is 6.10 Å². The predicted octanol–water partition coefficient (Wildman–Crippen LogP) is 2.75. The number of ether oxygens (including phenoxy) is 6. The molecule has 3 aliphatic rings. The Bertz CT molecular complexity index is 523. The van der Waals surface area contributed by atoms with Crippen LogP contribution in [0.4, 0.5) is 0 Å². The first-order valence-corrected chi connectivity index (χ1v) is 8.67. The highest BCUT2D eigenvalue weighted by molar-refractivity contribution is 6.76. The molecule has 3 heterocycles. The van der Waals surface area contributed by atoms with Gasteiger partial charge in [-0.2, -0.15) is 0 Å². The molecule has 3 saturated heterocycles. The van der Waals surface area contributed by atoms with Gasteiger partial charge in [0.15, 0.2) is 17.7 Å². The second kappa shape index (κ2) is 6.09. The lowest BCUT2D eigenvalue weighted by molar-refractivity contribution is -0.232. The van der Waals surface area contributed by atoms with Gasteiger partial charge < -0.3 is 28.4 Å². The van der Waals surface area contributed by atoms with Crippen molar-refractivity contribution >= 4 is 40.7 Å². The van der Waals surface area contributed by atoms with Crippen LogP contribution in [0.15, 0.2) is 0 Å². The Kier molecular flexibility index (Phi) is 4.80. The lowest BCUT2D eigenvalue weighted by Gasteiger charge is -2.27. The Labute approximate surface area is 155 Å². The van der Waals surface area contributed by atoms with Crippen molar-refractivity contribution in [3.8, 4) is 0 Å². The van der Waals surface area contributed by atoms with E-state index in [9.17, 15) is 0 Å². The molecule has 0 saturated carbocycles. The molecule has 0 spiro atoms. The van der Waals surface area contributed by atoms with Crippen LogP contribution < -0.4 is 0 Å². The van der Waals surface area contributed by atoms with E-state index in [2.05, 4.69) is 0 Å². The monoisotopic (exact) mass is 403 g/mol. The van der Waals surface area contributed by atoms with E-state index in [0.717, 1.165) is 0 Å². The first-order chi connectivity index (χ1) is 10.9. The van der Waals surface area contributed by atoms with Gasteiger partial charge in [-0.1, -0.05) is 34.8 Å². The smallest absolute Gasteiger partial charge is 0.265 e. The maximum absolute atomic E-state index is 7.74. The largest absolute Gasteiger partial charge is 0.445 e. The molecule has 0 aliphatic carbocycles. The topological polar surface area (TPSA) is 79.2 Å². The summed E-state index contributed by atoms with van der Waals surface area (Å²) in [5, 5.41) is 7.74. The van der Waals surface area contributed by atoms with Crippen molar-refractivity contribution in [1.29, 1.82) is 5.41 Å². The van der Waals surface area contributed by atoms with Gasteiger partial charge in [0.25, 0.3) is 3.79 Å². The number of nitrogens with one attached hydrogen (secondary N) is 1. The molecule has 3 fully saturated rings. The molecule has 0 bridgehead atoms. The SMILES string of the molecule is CC1(C)OC2[C@@H](OC(=N)C(Cl)(Cl)Cl)OC([C@H]3COC(C)(C)O3)[C@@H]2O1. The van der Waals surface area contributed by atoms with Crippen LogP contribution in [0.2, 0.25) is 0 Å². The number of halogens is 3. The van der Waals surface area contributed by atoms with E-state index in [1.165, 1.54) is 0 Å². The number of alkyl halides is 3. The van der Waals surface area contributed by atoms with Gasteiger partial charge in [-0.05, 0) is 27.7 Å². The van der Waals surface area contributed by atoms with E-state index in [0.29, 0.717) is 6.61 Å². The van der Waals surface area contributed by atoms with Gasteiger partial charge in [-0.3, -0.25) is 5.41 Å². The summed E-state index contributed by atoms with van der Waals surface area (Å²) in [6, 6.07) is 0. The molecule has 3 rings (SSSR count). The predicted molar refractivity (Wildman–Crippen MR) is 86.5 cm³/mol. The lowest BCUT2D eigenvalue weighted by atomic mass is 10.1. The Morgan fingerprint density at radius 2 is 1.62 bits per heavy atom. The van der Waals surface area contributed by atoms with Crippen molar-refractivity contribution in [2.75, 3.05) is 6.61 Å². The summed E-state index contributed by atoms with van der Waals surface area (Å²) >= 11 is 17.0. The Hall–Kier alpha value is 0.140. The maximum Gasteiger partial charge on any atom is 0.265 e. The van der Waals surface area contributed by atoms with Crippen LogP contribution in [0.5, 0.6) is 0 Å². The second-order valence-corrected chi connectivity index (χ2v) is 9.13. The zero-order chi connectivity index (χ0) is 17.9. The zero-order valence-corrected chi connectivity index (χ0v) is 15.9. The van der Waals surface area contributed by atoms with Gasteiger partial charge in [-0.15, -0.1) is 0 Å². The third kappa shape index (κ3) is 3.78. The number of rotatable bonds is 2. The summed E-state index contributed by atoms with van der Waals surface area (Å²) in [5.74, 6) is -2.08. The van der Waals surface area contributed by atoms with Crippen LogP contribution in [0.1, 0.15) is 27.7 Å². The fourth-order valence-electron chi connectivity index (χ4n) is 3.05. The maximum atomic E-state index is 7.74. The Balaban J connectivity index is 1.76. The van der Waals surface area contributed by atoms with E-state index in [4.69, 9.17) is 68.6 Å². The molecule has 5 atom stereocenters. The fourth-order valence-corrected chi connectivity index (χ4v) is 3.18.